The van der Waals surface area contributed by atoms with Gasteiger partial charge in [0, 0.05) is 12.5 Å². The number of Topliss-reactive ketones (excluding diaryl/α,β-unsaturated/α-hetero) is 1. The zero-order chi connectivity index (χ0) is 13.7. The SMILES string of the molecule is CC(=O)OCC(C(=O)O)C(=O)c1ccccc1C. The van der Waals surface area contributed by atoms with Crippen molar-refractivity contribution in [3.8, 4) is 0 Å². The molecular weight excluding hydrogens is 236 g/mol. The maximum atomic E-state index is 12.0. The van der Waals surface area contributed by atoms with E-state index in [2.05, 4.69) is 4.74 Å². The van der Waals surface area contributed by atoms with Gasteiger partial charge >= 0.3 is 11.9 Å². The molecule has 1 unspecified atom stereocenters. The minimum absolute atomic E-state index is 0.331. The summed E-state index contributed by atoms with van der Waals surface area (Å²) in [5.74, 6) is -3.83. The fourth-order valence-corrected chi connectivity index (χ4v) is 1.50. The second-order valence-electron chi connectivity index (χ2n) is 3.87. The van der Waals surface area contributed by atoms with Gasteiger partial charge in [0.1, 0.15) is 6.61 Å². The first kappa shape index (κ1) is 13.9. The van der Waals surface area contributed by atoms with Crippen LogP contribution in [-0.2, 0) is 14.3 Å². The number of carboxylic acids is 1. The summed E-state index contributed by atoms with van der Waals surface area (Å²) in [6.45, 7) is 2.44. The molecule has 0 aliphatic carbocycles. The summed E-state index contributed by atoms with van der Waals surface area (Å²) in [6.07, 6.45) is 0. The second-order valence-corrected chi connectivity index (χ2v) is 3.87. The number of carbonyl (C=O) groups is 3. The van der Waals surface area contributed by atoms with Crippen molar-refractivity contribution in [3.05, 3.63) is 35.4 Å². The number of ketones is 1. The Labute approximate surface area is 104 Å². The molecule has 0 fully saturated rings. The van der Waals surface area contributed by atoms with E-state index in [-0.39, 0.29) is 0 Å². The predicted octanol–water partition coefficient (Wildman–Crippen LogP) is 1.44. The van der Waals surface area contributed by atoms with Crippen LogP contribution in [0.2, 0.25) is 0 Å². The van der Waals surface area contributed by atoms with Crippen LogP contribution in [0.15, 0.2) is 24.3 Å². The van der Waals surface area contributed by atoms with Gasteiger partial charge in [0.15, 0.2) is 11.7 Å². The third-order valence-electron chi connectivity index (χ3n) is 2.48. The van der Waals surface area contributed by atoms with Gasteiger partial charge in [-0.25, -0.2) is 0 Å². The van der Waals surface area contributed by atoms with E-state index in [1.165, 1.54) is 0 Å². The van der Waals surface area contributed by atoms with E-state index < -0.39 is 30.2 Å². The first-order chi connectivity index (χ1) is 8.43. The number of carboxylic acid groups (broad SMARTS) is 1. The molecule has 1 N–H and O–H groups in total. The highest BCUT2D eigenvalue weighted by Gasteiger charge is 2.29. The van der Waals surface area contributed by atoms with E-state index in [1.54, 1.807) is 31.2 Å². The van der Waals surface area contributed by atoms with Gasteiger partial charge in [0.2, 0.25) is 0 Å². The van der Waals surface area contributed by atoms with Gasteiger partial charge in [-0.1, -0.05) is 24.3 Å². The van der Waals surface area contributed by atoms with Gasteiger partial charge in [-0.15, -0.1) is 0 Å². The number of carbonyl (C=O) groups excluding carboxylic acids is 2. The van der Waals surface area contributed by atoms with Gasteiger partial charge in [-0.05, 0) is 12.5 Å². The molecule has 96 valence electrons. The summed E-state index contributed by atoms with van der Waals surface area (Å²) < 4.78 is 4.61. The maximum absolute atomic E-state index is 12.0. The molecule has 0 spiro atoms. The van der Waals surface area contributed by atoms with Crippen LogP contribution < -0.4 is 0 Å². The van der Waals surface area contributed by atoms with E-state index in [9.17, 15) is 14.4 Å². The molecule has 0 aliphatic heterocycles. The van der Waals surface area contributed by atoms with E-state index in [1.807, 2.05) is 0 Å². The topological polar surface area (TPSA) is 80.7 Å². The normalized spacial score (nSPS) is 11.7. The van der Waals surface area contributed by atoms with Crippen LogP contribution in [0.5, 0.6) is 0 Å². The highest BCUT2D eigenvalue weighted by molar-refractivity contribution is 6.09. The van der Waals surface area contributed by atoms with E-state index in [4.69, 9.17) is 5.11 Å². The smallest absolute Gasteiger partial charge is 0.317 e. The quantitative estimate of drug-likeness (QED) is 0.486. The van der Waals surface area contributed by atoms with Crippen molar-refractivity contribution in [1.82, 2.24) is 0 Å². The lowest BCUT2D eigenvalue weighted by Gasteiger charge is -2.12. The van der Waals surface area contributed by atoms with Crippen molar-refractivity contribution in [1.29, 1.82) is 0 Å². The standard InChI is InChI=1S/C13H14O5/c1-8-5-3-4-6-10(8)12(15)11(13(16)17)7-18-9(2)14/h3-6,11H,7H2,1-2H3,(H,16,17). The average molecular weight is 250 g/mol. The number of ether oxygens (including phenoxy) is 1. The maximum Gasteiger partial charge on any atom is 0.317 e. The summed E-state index contributed by atoms with van der Waals surface area (Å²) in [4.78, 5) is 33.7. The van der Waals surface area contributed by atoms with E-state index in [0.29, 0.717) is 11.1 Å². The number of benzene rings is 1. The van der Waals surface area contributed by atoms with Crippen LogP contribution in [-0.4, -0.2) is 29.4 Å². The highest BCUT2D eigenvalue weighted by atomic mass is 16.5. The zero-order valence-corrected chi connectivity index (χ0v) is 10.2. The number of rotatable bonds is 5. The number of esters is 1. The summed E-state index contributed by atoms with van der Waals surface area (Å²) in [5.41, 5.74) is 1.02. The van der Waals surface area contributed by atoms with Gasteiger partial charge in [0.25, 0.3) is 0 Å². The fraction of sp³-hybridized carbons (Fsp3) is 0.308. The molecule has 0 heterocycles. The van der Waals surface area contributed by atoms with E-state index >= 15 is 0 Å². The van der Waals surface area contributed by atoms with Crippen LogP contribution in [0.1, 0.15) is 22.8 Å². The molecule has 5 nitrogen and oxygen atoms in total. The summed E-state index contributed by atoms with van der Waals surface area (Å²) >= 11 is 0. The molecule has 18 heavy (non-hydrogen) atoms. The largest absolute Gasteiger partial charge is 0.481 e. The Morgan fingerprint density at radius 1 is 1.28 bits per heavy atom. The van der Waals surface area contributed by atoms with Gasteiger partial charge < -0.3 is 9.84 Å². The molecule has 5 heteroatoms. The van der Waals surface area contributed by atoms with Crippen LogP contribution in [0.4, 0.5) is 0 Å². The Morgan fingerprint density at radius 2 is 1.89 bits per heavy atom. The third-order valence-corrected chi connectivity index (χ3v) is 2.48. The molecular formula is C13H14O5. The number of aryl methyl sites for hydroxylation is 1. The molecule has 0 aromatic heterocycles. The molecule has 1 aromatic rings. The van der Waals surface area contributed by atoms with Crippen molar-refractivity contribution in [2.24, 2.45) is 5.92 Å². The number of hydrogen-bond donors (Lipinski definition) is 1. The van der Waals surface area contributed by atoms with Crippen molar-refractivity contribution in [2.45, 2.75) is 13.8 Å². The van der Waals surface area contributed by atoms with Crippen molar-refractivity contribution >= 4 is 17.7 Å². The van der Waals surface area contributed by atoms with Gasteiger partial charge in [-0.3, -0.25) is 14.4 Å². The summed E-state index contributed by atoms with van der Waals surface area (Å²) in [6, 6.07) is 6.69. The Balaban J connectivity index is 2.93. The lowest BCUT2D eigenvalue weighted by atomic mass is 9.95. The second kappa shape index (κ2) is 5.95. The Hall–Kier alpha value is -2.17. The van der Waals surface area contributed by atoms with Gasteiger partial charge in [-0.2, -0.15) is 0 Å². The summed E-state index contributed by atoms with van der Waals surface area (Å²) in [5, 5.41) is 9.00. The van der Waals surface area contributed by atoms with Crippen LogP contribution in [0.3, 0.4) is 0 Å². The van der Waals surface area contributed by atoms with Crippen molar-refractivity contribution in [3.63, 3.8) is 0 Å². The minimum Gasteiger partial charge on any atom is -0.481 e. The van der Waals surface area contributed by atoms with Crippen molar-refractivity contribution < 1.29 is 24.2 Å². The molecule has 1 atom stereocenters. The molecule has 0 saturated heterocycles. The lowest BCUT2D eigenvalue weighted by Crippen LogP contribution is -2.29. The minimum atomic E-state index is -1.37. The lowest BCUT2D eigenvalue weighted by molar-refractivity contribution is -0.147. The molecule has 0 bridgehead atoms. The molecule has 0 saturated carbocycles. The molecule has 1 aromatic carbocycles. The summed E-state index contributed by atoms with van der Waals surface area (Å²) in [7, 11) is 0. The molecule has 0 radical (unpaired) electrons. The van der Waals surface area contributed by atoms with Crippen molar-refractivity contribution in [2.75, 3.05) is 6.61 Å². The molecule has 0 aliphatic rings. The third kappa shape index (κ3) is 3.41. The Bertz CT molecular complexity index is 478. The van der Waals surface area contributed by atoms with Crippen LogP contribution in [0, 0.1) is 12.8 Å². The molecule has 1 rings (SSSR count). The number of aliphatic carboxylic acids is 1. The predicted molar refractivity (Wildman–Crippen MR) is 63.3 cm³/mol. The first-order valence-corrected chi connectivity index (χ1v) is 5.39. The van der Waals surface area contributed by atoms with Gasteiger partial charge in [0.05, 0.1) is 0 Å². The van der Waals surface area contributed by atoms with E-state index in [0.717, 1.165) is 6.92 Å². The molecule has 0 amide bonds. The first-order valence-electron chi connectivity index (χ1n) is 5.39. The fourth-order valence-electron chi connectivity index (χ4n) is 1.50. The average Bonchev–Trinajstić information content (AvgIpc) is 2.28. The highest BCUT2D eigenvalue weighted by Crippen LogP contribution is 2.14. The Morgan fingerprint density at radius 3 is 2.39 bits per heavy atom. The Kier molecular flexibility index (Phi) is 4.59. The number of hydrogen-bond acceptors (Lipinski definition) is 4. The monoisotopic (exact) mass is 250 g/mol. The van der Waals surface area contributed by atoms with Crippen LogP contribution in [0.25, 0.3) is 0 Å². The van der Waals surface area contributed by atoms with Crippen LogP contribution >= 0.6 is 0 Å². The zero-order valence-electron chi connectivity index (χ0n) is 10.2.